The molecule has 0 amide bonds. The van der Waals surface area contributed by atoms with E-state index in [0.717, 1.165) is 50.4 Å². The predicted molar refractivity (Wildman–Crippen MR) is 132 cm³/mol. The fraction of sp³-hybridized carbons (Fsp3) is 0.696. The number of aliphatic imine (C=N–C) groups is 1. The highest BCUT2D eigenvalue weighted by Crippen LogP contribution is 2.34. The van der Waals surface area contributed by atoms with Gasteiger partial charge in [0.25, 0.3) is 0 Å². The monoisotopic (exact) mass is 532 g/mol. The highest BCUT2D eigenvalue weighted by Gasteiger charge is 2.34. The van der Waals surface area contributed by atoms with Gasteiger partial charge >= 0.3 is 0 Å². The second kappa shape index (κ2) is 13.5. The third-order valence-electron chi connectivity index (χ3n) is 6.35. The van der Waals surface area contributed by atoms with E-state index in [0.29, 0.717) is 13.2 Å². The van der Waals surface area contributed by atoms with Crippen LogP contribution in [-0.2, 0) is 10.2 Å². The van der Waals surface area contributed by atoms with Gasteiger partial charge in [-0.2, -0.15) is 0 Å². The molecule has 7 heteroatoms. The van der Waals surface area contributed by atoms with E-state index in [2.05, 4.69) is 20.5 Å². The maximum absolute atomic E-state index is 13.8. The minimum Gasteiger partial charge on any atom is -0.381 e. The number of nitrogens with one attached hydrogen (secondary N) is 2. The van der Waals surface area contributed by atoms with Gasteiger partial charge < -0.3 is 20.3 Å². The standard InChI is InChI=1S/C23H37FN4O.HI/c1-25-22(26-12-7-15-28-13-4-2-3-5-14-28)27-19-23(10-16-29-17-11-23)20-8-6-9-21(24)18-20;/h6,8-9,18H,2-5,7,10-17,19H2,1H3,(H2,25,26,27);1H. The van der Waals surface area contributed by atoms with Gasteiger partial charge in [-0.15, -0.1) is 24.0 Å². The second-order valence-electron chi connectivity index (χ2n) is 8.37. The summed E-state index contributed by atoms with van der Waals surface area (Å²) in [7, 11) is 1.81. The molecule has 5 nitrogen and oxygen atoms in total. The van der Waals surface area contributed by atoms with Crippen molar-refractivity contribution in [3.05, 3.63) is 35.6 Å². The maximum atomic E-state index is 13.8. The molecule has 0 atom stereocenters. The molecular formula is C23H38FIN4O. The zero-order valence-corrected chi connectivity index (χ0v) is 20.6. The number of rotatable bonds is 7. The zero-order chi connectivity index (χ0) is 20.4. The molecular weight excluding hydrogens is 494 g/mol. The minimum atomic E-state index is -0.176. The van der Waals surface area contributed by atoms with Gasteiger partial charge in [-0.25, -0.2) is 4.39 Å². The van der Waals surface area contributed by atoms with Crippen molar-refractivity contribution >= 4 is 29.9 Å². The van der Waals surface area contributed by atoms with Crippen molar-refractivity contribution in [2.75, 3.05) is 53.0 Å². The summed E-state index contributed by atoms with van der Waals surface area (Å²) in [5.41, 5.74) is 0.925. The Hall–Kier alpha value is -0.930. The first-order valence-corrected chi connectivity index (χ1v) is 11.2. The summed E-state index contributed by atoms with van der Waals surface area (Å²) >= 11 is 0. The summed E-state index contributed by atoms with van der Waals surface area (Å²) in [5, 5.41) is 6.94. The lowest BCUT2D eigenvalue weighted by Gasteiger charge is -2.38. The molecule has 0 saturated carbocycles. The van der Waals surface area contributed by atoms with Crippen LogP contribution in [0.3, 0.4) is 0 Å². The molecule has 0 spiro atoms. The molecule has 170 valence electrons. The van der Waals surface area contributed by atoms with E-state index in [4.69, 9.17) is 4.74 Å². The van der Waals surface area contributed by atoms with E-state index < -0.39 is 0 Å². The first kappa shape index (κ1) is 25.3. The SMILES string of the molecule is CN=C(NCCCN1CCCCCC1)NCC1(c2cccc(F)c2)CCOCC1.I. The minimum absolute atomic E-state index is 0. The van der Waals surface area contributed by atoms with E-state index in [1.165, 1.54) is 44.8 Å². The van der Waals surface area contributed by atoms with Gasteiger partial charge in [0.05, 0.1) is 0 Å². The number of hydrogen-bond acceptors (Lipinski definition) is 3. The molecule has 3 rings (SSSR count). The van der Waals surface area contributed by atoms with Crippen LogP contribution in [0, 0.1) is 5.82 Å². The van der Waals surface area contributed by atoms with Crippen molar-refractivity contribution in [1.29, 1.82) is 0 Å². The van der Waals surface area contributed by atoms with Gasteiger partial charge in [0.2, 0.25) is 0 Å². The van der Waals surface area contributed by atoms with Crippen LogP contribution in [0.15, 0.2) is 29.3 Å². The number of hydrogen-bond donors (Lipinski definition) is 2. The summed E-state index contributed by atoms with van der Waals surface area (Å²) < 4.78 is 19.4. The largest absolute Gasteiger partial charge is 0.381 e. The topological polar surface area (TPSA) is 48.9 Å². The van der Waals surface area contributed by atoms with Gasteiger partial charge in [-0.3, -0.25) is 4.99 Å². The maximum Gasteiger partial charge on any atom is 0.191 e. The van der Waals surface area contributed by atoms with Crippen molar-refractivity contribution in [1.82, 2.24) is 15.5 Å². The van der Waals surface area contributed by atoms with Gasteiger partial charge in [0.1, 0.15) is 5.82 Å². The van der Waals surface area contributed by atoms with Gasteiger partial charge in [-0.05, 0) is 69.4 Å². The molecule has 2 aliphatic rings. The molecule has 2 aliphatic heterocycles. The Morgan fingerprint density at radius 1 is 1.13 bits per heavy atom. The van der Waals surface area contributed by atoms with E-state index in [-0.39, 0.29) is 35.2 Å². The van der Waals surface area contributed by atoms with E-state index in [1.54, 1.807) is 12.1 Å². The molecule has 0 radical (unpaired) electrons. The van der Waals surface area contributed by atoms with Crippen LogP contribution in [0.4, 0.5) is 4.39 Å². The van der Waals surface area contributed by atoms with Crippen molar-refractivity contribution in [2.45, 2.75) is 50.4 Å². The summed E-state index contributed by atoms with van der Waals surface area (Å²) in [5.74, 6) is 0.646. The van der Waals surface area contributed by atoms with E-state index in [9.17, 15) is 4.39 Å². The van der Waals surface area contributed by atoms with Gasteiger partial charge in [0, 0.05) is 38.8 Å². The Kier molecular flexibility index (Phi) is 11.4. The Morgan fingerprint density at radius 3 is 2.53 bits per heavy atom. The Labute approximate surface area is 198 Å². The van der Waals surface area contributed by atoms with Crippen LogP contribution in [0.1, 0.15) is 50.5 Å². The quantitative estimate of drug-likeness (QED) is 0.242. The van der Waals surface area contributed by atoms with Crippen molar-refractivity contribution in [3.63, 3.8) is 0 Å². The number of likely N-dealkylation sites (tertiary alicyclic amines) is 1. The average Bonchev–Trinajstić information content (AvgIpc) is 3.03. The van der Waals surface area contributed by atoms with Crippen molar-refractivity contribution in [3.8, 4) is 0 Å². The first-order chi connectivity index (χ1) is 14.2. The molecule has 2 saturated heterocycles. The molecule has 0 bridgehead atoms. The van der Waals surface area contributed by atoms with Crippen LogP contribution in [0.2, 0.25) is 0 Å². The Bertz CT molecular complexity index is 644. The molecule has 0 unspecified atom stereocenters. The third-order valence-corrected chi connectivity index (χ3v) is 6.35. The lowest BCUT2D eigenvalue weighted by Crippen LogP contribution is -2.48. The molecule has 1 aromatic rings. The molecule has 30 heavy (non-hydrogen) atoms. The lowest BCUT2D eigenvalue weighted by molar-refractivity contribution is 0.0513. The number of nitrogens with zero attached hydrogens (tertiary/aromatic N) is 2. The van der Waals surface area contributed by atoms with E-state index in [1.807, 2.05) is 13.1 Å². The number of halogens is 2. The fourth-order valence-electron chi connectivity index (χ4n) is 4.49. The fourth-order valence-corrected chi connectivity index (χ4v) is 4.49. The molecule has 0 aliphatic carbocycles. The smallest absolute Gasteiger partial charge is 0.191 e. The van der Waals surface area contributed by atoms with Crippen LogP contribution in [0.5, 0.6) is 0 Å². The normalized spacial score (nSPS) is 20.1. The Balaban J connectivity index is 0.00000320. The number of ether oxygens (including phenoxy) is 1. The van der Waals surface area contributed by atoms with Crippen LogP contribution < -0.4 is 10.6 Å². The molecule has 0 aromatic heterocycles. The predicted octanol–water partition coefficient (Wildman–Crippen LogP) is 3.92. The number of benzene rings is 1. The molecule has 2 N–H and O–H groups in total. The van der Waals surface area contributed by atoms with Crippen LogP contribution in [0.25, 0.3) is 0 Å². The second-order valence-corrected chi connectivity index (χ2v) is 8.37. The van der Waals surface area contributed by atoms with Gasteiger partial charge in [-0.1, -0.05) is 25.0 Å². The summed E-state index contributed by atoms with van der Waals surface area (Å²) in [4.78, 5) is 6.98. The van der Waals surface area contributed by atoms with Gasteiger partial charge in [0.15, 0.2) is 5.96 Å². The summed E-state index contributed by atoms with van der Waals surface area (Å²) in [6.07, 6.45) is 8.31. The number of guanidine groups is 1. The molecule has 2 fully saturated rings. The first-order valence-electron chi connectivity index (χ1n) is 11.2. The Morgan fingerprint density at radius 2 is 1.87 bits per heavy atom. The lowest BCUT2D eigenvalue weighted by atomic mass is 9.74. The van der Waals surface area contributed by atoms with Crippen molar-refractivity contribution in [2.24, 2.45) is 4.99 Å². The summed E-state index contributed by atoms with van der Waals surface area (Å²) in [6.45, 7) is 6.68. The molecule has 1 aromatic carbocycles. The highest BCUT2D eigenvalue weighted by atomic mass is 127. The summed E-state index contributed by atoms with van der Waals surface area (Å²) in [6, 6.07) is 7.02. The van der Waals surface area contributed by atoms with Crippen molar-refractivity contribution < 1.29 is 9.13 Å². The van der Waals surface area contributed by atoms with Crippen LogP contribution >= 0.6 is 24.0 Å². The third kappa shape index (κ3) is 7.64. The molecule has 2 heterocycles. The zero-order valence-electron chi connectivity index (χ0n) is 18.3. The van der Waals surface area contributed by atoms with Crippen LogP contribution in [-0.4, -0.2) is 63.8 Å². The van der Waals surface area contributed by atoms with E-state index >= 15 is 0 Å². The average molecular weight is 532 g/mol. The highest BCUT2D eigenvalue weighted by molar-refractivity contribution is 14.0.